The number of amides is 1. The van der Waals surface area contributed by atoms with Gasteiger partial charge in [0, 0.05) is 9.90 Å². The summed E-state index contributed by atoms with van der Waals surface area (Å²) in [6.07, 6.45) is 0.808. The SMILES string of the molecule is CCCN(CC(=O)Nc1sc(C)c(C)c1C(=O)OCC)Cc1nc2cc(Cl)ccc2c(=O)[nH]1. The molecule has 0 aliphatic carbocycles. The van der Waals surface area contributed by atoms with Crippen molar-refractivity contribution in [1.29, 1.82) is 0 Å². The Hall–Kier alpha value is -2.75. The van der Waals surface area contributed by atoms with Gasteiger partial charge < -0.3 is 15.0 Å². The number of nitrogens with one attached hydrogen (secondary N) is 2. The highest BCUT2D eigenvalue weighted by molar-refractivity contribution is 7.16. The Morgan fingerprint density at radius 1 is 1.27 bits per heavy atom. The van der Waals surface area contributed by atoms with Crippen molar-refractivity contribution in [2.24, 2.45) is 0 Å². The lowest BCUT2D eigenvalue weighted by Gasteiger charge is -2.20. The first-order valence-electron chi connectivity index (χ1n) is 10.7. The van der Waals surface area contributed by atoms with E-state index >= 15 is 0 Å². The van der Waals surface area contributed by atoms with Gasteiger partial charge in [0.1, 0.15) is 10.8 Å². The topological polar surface area (TPSA) is 104 Å². The van der Waals surface area contributed by atoms with Crippen molar-refractivity contribution in [3.8, 4) is 0 Å². The molecule has 0 bridgehead atoms. The third-order valence-corrected chi connectivity index (χ3v) is 6.47. The Morgan fingerprint density at radius 2 is 2.03 bits per heavy atom. The van der Waals surface area contributed by atoms with Crippen LogP contribution in [0.3, 0.4) is 0 Å². The number of hydrogen-bond donors (Lipinski definition) is 2. The number of hydrogen-bond acceptors (Lipinski definition) is 7. The lowest BCUT2D eigenvalue weighted by Crippen LogP contribution is -2.34. The molecule has 0 aliphatic heterocycles. The second kappa shape index (κ2) is 10.9. The van der Waals surface area contributed by atoms with Gasteiger partial charge in [0.25, 0.3) is 5.56 Å². The quantitative estimate of drug-likeness (QED) is 0.434. The van der Waals surface area contributed by atoms with Gasteiger partial charge in [-0.3, -0.25) is 14.5 Å². The van der Waals surface area contributed by atoms with E-state index in [4.69, 9.17) is 16.3 Å². The number of fused-ring (bicyclic) bond motifs is 1. The Balaban J connectivity index is 1.78. The van der Waals surface area contributed by atoms with Crippen LogP contribution in [0.25, 0.3) is 10.9 Å². The zero-order valence-corrected chi connectivity index (χ0v) is 20.7. The van der Waals surface area contributed by atoms with Crippen LogP contribution in [0.5, 0.6) is 0 Å². The van der Waals surface area contributed by atoms with E-state index in [9.17, 15) is 14.4 Å². The third-order valence-electron chi connectivity index (χ3n) is 5.12. The molecule has 0 saturated carbocycles. The molecule has 2 N–H and O–H groups in total. The minimum atomic E-state index is -0.448. The fourth-order valence-electron chi connectivity index (χ4n) is 3.51. The van der Waals surface area contributed by atoms with Gasteiger partial charge in [0.2, 0.25) is 5.91 Å². The number of thiophene rings is 1. The molecule has 0 spiro atoms. The van der Waals surface area contributed by atoms with E-state index in [0.29, 0.717) is 38.9 Å². The first-order valence-corrected chi connectivity index (χ1v) is 11.9. The van der Waals surface area contributed by atoms with Crippen LogP contribution in [0.2, 0.25) is 5.02 Å². The number of carbonyl (C=O) groups excluding carboxylic acids is 2. The molecule has 1 aromatic carbocycles. The van der Waals surface area contributed by atoms with Gasteiger partial charge in [0.05, 0.1) is 36.2 Å². The second-order valence-corrected chi connectivity index (χ2v) is 9.30. The molecule has 1 amide bonds. The fraction of sp³-hybridized carbons (Fsp3) is 0.391. The molecule has 2 aromatic heterocycles. The second-order valence-electron chi connectivity index (χ2n) is 7.64. The molecule has 0 saturated heterocycles. The molecular formula is C23H27ClN4O4S. The number of halogens is 1. The molecule has 0 radical (unpaired) electrons. The van der Waals surface area contributed by atoms with Gasteiger partial charge in [-0.15, -0.1) is 11.3 Å². The van der Waals surface area contributed by atoms with E-state index in [0.717, 1.165) is 16.9 Å². The average Bonchev–Trinajstić information content (AvgIpc) is 3.00. The number of ether oxygens (including phenoxy) is 1. The van der Waals surface area contributed by atoms with Crippen molar-refractivity contribution in [3.05, 3.63) is 55.4 Å². The maximum absolute atomic E-state index is 12.9. The molecule has 33 heavy (non-hydrogen) atoms. The summed E-state index contributed by atoms with van der Waals surface area (Å²) >= 11 is 7.39. The summed E-state index contributed by atoms with van der Waals surface area (Å²) in [5.74, 6) is -0.260. The van der Waals surface area contributed by atoms with E-state index in [1.54, 1.807) is 25.1 Å². The summed E-state index contributed by atoms with van der Waals surface area (Å²) in [4.78, 5) is 47.8. The van der Waals surface area contributed by atoms with Crippen LogP contribution in [0, 0.1) is 13.8 Å². The maximum atomic E-state index is 12.9. The van der Waals surface area contributed by atoms with Gasteiger partial charge in [-0.2, -0.15) is 0 Å². The van der Waals surface area contributed by atoms with Crippen molar-refractivity contribution in [3.63, 3.8) is 0 Å². The van der Waals surface area contributed by atoms with Gasteiger partial charge >= 0.3 is 5.97 Å². The zero-order chi connectivity index (χ0) is 24.1. The number of esters is 1. The summed E-state index contributed by atoms with van der Waals surface area (Å²) in [6, 6.07) is 4.92. The molecule has 10 heteroatoms. The van der Waals surface area contributed by atoms with E-state index in [1.807, 2.05) is 25.7 Å². The van der Waals surface area contributed by atoms with Gasteiger partial charge in [-0.05, 0) is 57.5 Å². The molecule has 0 atom stereocenters. The summed E-state index contributed by atoms with van der Waals surface area (Å²) < 4.78 is 5.15. The van der Waals surface area contributed by atoms with Crippen LogP contribution in [-0.4, -0.2) is 46.4 Å². The highest BCUT2D eigenvalue weighted by Crippen LogP contribution is 2.33. The molecule has 0 unspecified atom stereocenters. The summed E-state index contributed by atoms with van der Waals surface area (Å²) in [5, 5.41) is 4.30. The van der Waals surface area contributed by atoms with Crippen molar-refractivity contribution >= 4 is 50.7 Å². The molecule has 176 valence electrons. The number of anilines is 1. The Labute approximate surface area is 200 Å². The van der Waals surface area contributed by atoms with E-state index in [2.05, 4.69) is 15.3 Å². The average molecular weight is 491 g/mol. The first-order chi connectivity index (χ1) is 15.7. The monoisotopic (exact) mass is 490 g/mol. The smallest absolute Gasteiger partial charge is 0.341 e. The number of aromatic amines is 1. The van der Waals surface area contributed by atoms with E-state index in [-0.39, 0.29) is 31.2 Å². The first kappa shape index (κ1) is 24.9. The number of carbonyl (C=O) groups is 2. The third kappa shape index (κ3) is 5.98. The van der Waals surface area contributed by atoms with Gasteiger partial charge in [-0.25, -0.2) is 9.78 Å². The minimum absolute atomic E-state index is 0.0728. The molecule has 0 aliphatic rings. The number of aromatic nitrogens is 2. The van der Waals surface area contributed by atoms with Gasteiger partial charge in [0.15, 0.2) is 0 Å². The molecule has 0 fully saturated rings. The van der Waals surface area contributed by atoms with Crippen LogP contribution >= 0.6 is 22.9 Å². The van der Waals surface area contributed by atoms with Gasteiger partial charge in [-0.1, -0.05) is 18.5 Å². The summed E-state index contributed by atoms with van der Waals surface area (Å²) in [6.45, 7) is 8.72. The Kier molecular flexibility index (Phi) is 8.23. The number of H-pyrrole nitrogens is 1. The van der Waals surface area contributed by atoms with Crippen molar-refractivity contribution < 1.29 is 14.3 Å². The number of benzene rings is 1. The molecular weight excluding hydrogens is 464 g/mol. The number of nitrogens with zero attached hydrogens (tertiary/aromatic N) is 2. The number of rotatable bonds is 9. The highest BCUT2D eigenvalue weighted by atomic mass is 35.5. The molecule has 3 aromatic rings. The summed E-state index contributed by atoms with van der Waals surface area (Å²) in [5.41, 5.74) is 1.45. The van der Waals surface area contributed by atoms with Crippen LogP contribution in [0.15, 0.2) is 23.0 Å². The van der Waals surface area contributed by atoms with Crippen LogP contribution in [-0.2, 0) is 16.1 Å². The fourth-order valence-corrected chi connectivity index (χ4v) is 4.74. The molecule has 3 rings (SSSR count). The Morgan fingerprint density at radius 3 is 2.73 bits per heavy atom. The normalized spacial score (nSPS) is 11.2. The maximum Gasteiger partial charge on any atom is 0.341 e. The summed E-state index contributed by atoms with van der Waals surface area (Å²) in [7, 11) is 0. The van der Waals surface area contributed by atoms with Crippen molar-refractivity contribution in [1.82, 2.24) is 14.9 Å². The van der Waals surface area contributed by atoms with Crippen LogP contribution < -0.4 is 10.9 Å². The van der Waals surface area contributed by atoms with Crippen molar-refractivity contribution in [2.45, 2.75) is 40.7 Å². The number of aryl methyl sites for hydroxylation is 1. The van der Waals surface area contributed by atoms with Crippen LogP contribution in [0.4, 0.5) is 5.00 Å². The standard InChI is InChI=1S/C23H27ClN4O4S/c1-5-9-28(11-18-25-17-10-15(24)7-8-16(17)21(30)26-18)12-19(29)27-22-20(23(31)32-6-2)13(3)14(4)33-22/h7-8,10H,5-6,9,11-12H2,1-4H3,(H,27,29)(H,25,26,30). The van der Waals surface area contributed by atoms with E-state index in [1.165, 1.54) is 11.3 Å². The van der Waals surface area contributed by atoms with Crippen molar-refractivity contribution in [2.75, 3.05) is 25.0 Å². The molecule has 8 nitrogen and oxygen atoms in total. The zero-order valence-electron chi connectivity index (χ0n) is 19.1. The largest absolute Gasteiger partial charge is 0.462 e. The predicted molar refractivity (Wildman–Crippen MR) is 131 cm³/mol. The lowest BCUT2D eigenvalue weighted by molar-refractivity contribution is -0.117. The highest BCUT2D eigenvalue weighted by Gasteiger charge is 2.23. The van der Waals surface area contributed by atoms with Crippen LogP contribution in [0.1, 0.15) is 46.9 Å². The Bertz CT molecular complexity index is 1240. The molecule has 2 heterocycles. The van der Waals surface area contributed by atoms with E-state index < -0.39 is 5.97 Å². The predicted octanol–water partition coefficient (Wildman–Crippen LogP) is 4.28. The minimum Gasteiger partial charge on any atom is -0.462 e. The lowest BCUT2D eigenvalue weighted by atomic mass is 10.1.